The fourth-order valence-electron chi connectivity index (χ4n) is 1.63. The molecule has 2 rings (SSSR count). The fraction of sp³-hybridized carbons (Fsp3) is 0.900. The molecule has 0 aromatic carbocycles. The van der Waals surface area contributed by atoms with E-state index in [4.69, 9.17) is 5.73 Å². The smallest absolute Gasteiger partial charge is 0.242 e. The molecule has 2 N–H and O–H groups in total. The van der Waals surface area contributed by atoms with Gasteiger partial charge in [0.05, 0.1) is 5.54 Å². The van der Waals surface area contributed by atoms with E-state index in [1.165, 1.54) is 12.8 Å². The standard InChI is InChI=1S/C10H18N2O/c1-2-12(7-8-3-4-8)9(13)10(11)5-6-10/h8H,2-7,11H2,1H3. The summed E-state index contributed by atoms with van der Waals surface area (Å²) in [5.41, 5.74) is 5.40. The molecule has 2 aliphatic carbocycles. The van der Waals surface area contributed by atoms with Crippen LogP contribution in [0.1, 0.15) is 32.6 Å². The molecule has 0 radical (unpaired) electrons. The number of carbonyl (C=O) groups excluding carboxylic acids is 1. The Labute approximate surface area is 79.3 Å². The highest BCUT2D eigenvalue weighted by molar-refractivity contribution is 5.89. The zero-order valence-electron chi connectivity index (χ0n) is 8.25. The molecule has 0 aromatic rings. The number of hydrogen-bond donors (Lipinski definition) is 1. The van der Waals surface area contributed by atoms with E-state index in [0.717, 1.165) is 31.8 Å². The lowest BCUT2D eigenvalue weighted by atomic mass is 10.2. The van der Waals surface area contributed by atoms with Gasteiger partial charge in [-0.2, -0.15) is 0 Å². The van der Waals surface area contributed by atoms with Crippen molar-refractivity contribution in [2.75, 3.05) is 13.1 Å². The maximum Gasteiger partial charge on any atom is 0.242 e. The molecule has 13 heavy (non-hydrogen) atoms. The molecule has 3 nitrogen and oxygen atoms in total. The van der Waals surface area contributed by atoms with Crippen LogP contribution in [0.3, 0.4) is 0 Å². The molecule has 74 valence electrons. The first kappa shape index (κ1) is 9.00. The van der Waals surface area contributed by atoms with Crippen molar-refractivity contribution in [3.63, 3.8) is 0 Å². The summed E-state index contributed by atoms with van der Waals surface area (Å²) in [4.78, 5) is 13.8. The van der Waals surface area contributed by atoms with Gasteiger partial charge < -0.3 is 10.6 Å². The minimum absolute atomic E-state index is 0.182. The lowest BCUT2D eigenvalue weighted by Crippen LogP contribution is -2.46. The molecule has 0 heterocycles. The highest BCUT2D eigenvalue weighted by Crippen LogP contribution is 2.36. The molecule has 2 saturated carbocycles. The van der Waals surface area contributed by atoms with Gasteiger partial charge >= 0.3 is 0 Å². The van der Waals surface area contributed by atoms with E-state index in [-0.39, 0.29) is 5.91 Å². The average molecular weight is 182 g/mol. The molecule has 0 spiro atoms. The van der Waals surface area contributed by atoms with Crippen molar-refractivity contribution < 1.29 is 4.79 Å². The van der Waals surface area contributed by atoms with E-state index in [9.17, 15) is 4.79 Å². The normalized spacial score (nSPS) is 24.2. The van der Waals surface area contributed by atoms with Crippen molar-refractivity contribution in [3.05, 3.63) is 0 Å². The molecule has 0 aromatic heterocycles. The van der Waals surface area contributed by atoms with E-state index in [1.807, 2.05) is 11.8 Å². The first-order chi connectivity index (χ1) is 6.15. The Morgan fingerprint density at radius 2 is 2.15 bits per heavy atom. The van der Waals surface area contributed by atoms with E-state index in [2.05, 4.69) is 0 Å². The van der Waals surface area contributed by atoms with Crippen LogP contribution in [0.15, 0.2) is 0 Å². The Balaban J connectivity index is 1.90. The molecule has 0 unspecified atom stereocenters. The lowest BCUT2D eigenvalue weighted by molar-refractivity contribution is -0.133. The van der Waals surface area contributed by atoms with Crippen molar-refractivity contribution in [3.8, 4) is 0 Å². The second-order valence-electron chi connectivity index (χ2n) is 4.44. The molecule has 0 aliphatic heterocycles. The minimum atomic E-state index is -0.467. The third-order valence-corrected chi connectivity index (χ3v) is 3.06. The highest BCUT2D eigenvalue weighted by Gasteiger charge is 2.48. The van der Waals surface area contributed by atoms with Gasteiger partial charge in [-0.1, -0.05) is 0 Å². The monoisotopic (exact) mass is 182 g/mol. The Morgan fingerprint density at radius 3 is 2.54 bits per heavy atom. The number of amides is 1. The molecule has 0 saturated heterocycles. The van der Waals surface area contributed by atoms with Gasteiger partial charge in [0.25, 0.3) is 0 Å². The third kappa shape index (κ3) is 1.85. The summed E-state index contributed by atoms with van der Waals surface area (Å²) in [6.07, 6.45) is 4.35. The maximum absolute atomic E-state index is 11.8. The number of likely N-dealkylation sites (N-methyl/N-ethyl adjacent to an activating group) is 1. The van der Waals surface area contributed by atoms with E-state index in [0.29, 0.717) is 0 Å². The average Bonchev–Trinajstić information content (AvgIpc) is 2.97. The van der Waals surface area contributed by atoms with Crippen LogP contribution >= 0.6 is 0 Å². The molecular weight excluding hydrogens is 164 g/mol. The molecule has 0 bridgehead atoms. The van der Waals surface area contributed by atoms with Crippen LogP contribution in [-0.2, 0) is 4.79 Å². The second kappa shape index (κ2) is 2.98. The van der Waals surface area contributed by atoms with Crippen molar-refractivity contribution in [2.45, 2.75) is 38.1 Å². The van der Waals surface area contributed by atoms with Crippen LogP contribution < -0.4 is 5.73 Å². The van der Waals surface area contributed by atoms with Crippen LogP contribution in [0.2, 0.25) is 0 Å². The van der Waals surface area contributed by atoms with Crippen LogP contribution in [0.5, 0.6) is 0 Å². The summed E-state index contributed by atoms with van der Waals surface area (Å²) in [5.74, 6) is 0.952. The molecule has 3 heteroatoms. The Morgan fingerprint density at radius 1 is 1.54 bits per heavy atom. The Hall–Kier alpha value is -0.570. The van der Waals surface area contributed by atoms with Crippen LogP contribution in [0, 0.1) is 5.92 Å². The highest BCUT2D eigenvalue weighted by atomic mass is 16.2. The number of hydrogen-bond acceptors (Lipinski definition) is 2. The summed E-state index contributed by atoms with van der Waals surface area (Å²) in [7, 11) is 0. The molecular formula is C10H18N2O. The first-order valence-corrected chi connectivity index (χ1v) is 5.24. The minimum Gasteiger partial charge on any atom is -0.341 e. The quantitative estimate of drug-likeness (QED) is 0.697. The van der Waals surface area contributed by atoms with Gasteiger partial charge in [0, 0.05) is 13.1 Å². The molecule has 1 amide bonds. The summed E-state index contributed by atoms with van der Waals surface area (Å²) in [5, 5.41) is 0. The van der Waals surface area contributed by atoms with Gasteiger partial charge in [0.1, 0.15) is 0 Å². The SMILES string of the molecule is CCN(CC1CC1)C(=O)C1(N)CC1. The van der Waals surface area contributed by atoms with Gasteiger partial charge in [0.15, 0.2) is 0 Å². The Bertz CT molecular complexity index is 219. The lowest BCUT2D eigenvalue weighted by Gasteiger charge is -2.23. The zero-order valence-corrected chi connectivity index (χ0v) is 8.25. The van der Waals surface area contributed by atoms with Gasteiger partial charge in [-0.3, -0.25) is 4.79 Å². The Kier molecular flexibility index (Phi) is 2.06. The van der Waals surface area contributed by atoms with Crippen molar-refractivity contribution in [2.24, 2.45) is 11.7 Å². The predicted octanol–water partition coefficient (Wildman–Crippen LogP) is 0.736. The van der Waals surface area contributed by atoms with E-state index >= 15 is 0 Å². The van der Waals surface area contributed by atoms with Crippen molar-refractivity contribution >= 4 is 5.91 Å². The number of carbonyl (C=O) groups is 1. The zero-order chi connectivity index (χ0) is 9.47. The van der Waals surface area contributed by atoms with E-state index in [1.54, 1.807) is 0 Å². The maximum atomic E-state index is 11.8. The van der Waals surface area contributed by atoms with Crippen LogP contribution in [-0.4, -0.2) is 29.4 Å². The molecule has 0 atom stereocenters. The van der Waals surface area contributed by atoms with Crippen LogP contribution in [0.4, 0.5) is 0 Å². The first-order valence-electron chi connectivity index (χ1n) is 5.24. The summed E-state index contributed by atoms with van der Waals surface area (Å²) in [6, 6.07) is 0. The molecule has 2 fully saturated rings. The van der Waals surface area contributed by atoms with Gasteiger partial charge in [-0.25, -0.2) is 0 Å². The van der Waals surface area contributed by atoms with Gasteiger partial charge in [-0.05, 0) is 38.5 Å². The topological polar surface area (TPSA) is 46.3 Å². The molecule has 2 aliphatic rings. The number of nitrogens with zero attached hydrogens (tertiary/aromatic N) is 1. The van der Waals surface area contributed by atoms with E-state index < -0.39 is 5.54 Å². The van der Waals surface area contributed by atoms with Gasteiger partial charge in [0.2, 0.25) is 5.91 Å². The van der Waals surface area contributed by atoms with Crippen molar-refractivity contribution in [1.82, 2.24) is 4.90 Å². The van der Waals surface area contributed by atoms with Gasteiger partial charge in [-0.15, -0.1) is 0 Å². The second-order valence-corrected chi connectivity index (χ2v) is 4.44. The summed E-state index contributed by atoms with van der Waals surface area (Å²) in [6.45, 7) is 3.79. The summed E-state index contributed by atoms with van der Waals surface area (Å²) >= 11 is 0. The number of nitrogens with two attached hydrogens (primary N) is 1. The largest absolute Gasteiger partial charge is 0.341 e. The number of rotatable bonds is 4. The summed E-state index contributed by atoms with van der Waals surface area (Å²) < 4.78 is 0. The fourth-order valence-corrected chi connectivity index (χ4v) is 1.63. The third-order valence-electron chi connectivity index (χ3n) is 3.06. The van der Waals surface area contributed by atoms with Crippen molar-refractivity contribution in [1.29, 1.82) is 0 Å². The predicted molar refractivity (Wildman–Crippen MR) is 51.1 cm³/mol. The van der Waals surface area contributed by atoms with Crippen LogP contribution in [0.25, 0.3) is 0 Å².